The molecule has 4 rings (SSSR count). The van der Waals surface area contributed by atoms with Crippen molar-refractivity contribution in [3.8, 4) is 0 Å². The summed E-state index contributed by atoms with van der Waals surface area (Å²) < 4.78 is 10.7. The first kappa shape index (κ1) is 20.6. The third-order valence-corrected chi connectivity index (χ3v) is 6.83. The number of esters is 2. The molecule has 0 radical (unpaired) electrons. The van der Waals surface area contributed by atoms with Gasteiger partial charge in [0.1, 0.15) is 5.00 Å². The molecule has 1 aliphatic heterocycles. The van der Waals surface area contributed by atoms with Gasteiger partial charge in [0.2, 0.25) is 0 Å². The summed E-state index contributed by atoms with van der Waals surface area (Å²) in [6.07, 6.45) is 2.06. The molecule has 0 saturated heterocycles. The largest absolute Gasteiger partial charge is 0.462 e. The number of hydrogen-bond acceptors (Lipinski definition) is 6. The van der Waals surface area contributed by atoms with Crippen molar-refractivity contribution in [2.24, 2.45) is 5.92 Å². The molecule has 2 aromatic rings. The van der Waals surface area contributed by atoms with Crippen LogP contribution in [0.15, 0.2) is 18.2 Å². The lowest BCUT2D eigenvalue weighted by molar-refractivity contribution is -0.125. The number of amides is 1. The quantitative estimate of drug-likeness (QED) is 0.744. The number of fused-ring (bicyclic) bond motifs is 2. The lowest BCUT2D eigenvalue weighted by atomic mass is 9.88. The van der Waals surface area contributed by atoms with E-state index in [0.717, 1.165) is 40.8 Å². The van der Waals surface area contributed by atoms with Crippen LogP contribution in [0, 0.1) is 12.8 Å². The average molecular weight is 428 g/mol. The van der Waals surface area contributed by atoms with Crippen LogP contribution >= 0.6 is 11.3 Å². The maximum atomic E-state index is 13.0. The summed E-state index contributed by atoms with van der Waals surface area (Å²) in [7, 11) is 0. The molecule has 2 aliphatic rings. The third kappa shape index (κ3) is 3.86. The minimum atomic E-state index is -0.930. The van der Waals surface area contributed by atoms with Gasteiger partial charge in [0, 0.05) is 11.3 Å². The maximum absolute atomic E-state index is 13.0. The van der Waals surface area contributed by atoms with Crippen LogP contribution in [0.25, 0.3) is 0 Å². The van der Waals surface area contributed by atoms with Gasteiger partial charge in [-0.05, 0) is 56.2 Å². The third-order valence-electron chi connectivity index (χ3n) is 5.66. The van der Waals surface area contributed by atoms with Crippen LogP contribution in [0.1, 0.15) is 62.6 Å². The van der Waals surface area contributed by atoms with Crippen molar-refractivity contribution in [1.82, 2.24) is 0 Å². The SMILES string of the molecule is CCOC(=O)c1c(NC(=O)[C@@H]2Cc3ccc(C)cc3C(=O)O2)sc2c1CC[C@H](C)C2. The van der Waals surface area contributed by atoms with Gasteiger partial charge < -0.3 is 14.8 Å². The fraction of sp³-hybridized carbons (Fsp3) is 0.435. The van der Waals surface area contributed by atoms with Gasteiger partial charge in [-0.3, -0.25) is 4.79 Å². The first-order chi connectivity index (χ1) is 14.4. The number of nitrogens with one attached hydrogen (secondary N) is 1. The van der Waals surface area contributed by atoms with Gasteiger partial charge in [-0.25, -0.2) is 9.59 Å². The lowest BCUT2D eigenvalue weighted by Crippen LogP contribution is -2.38. The van der Waals surface area contributed by atoms with Gasteiger partial charge in [0.15, 0.2) is 6.10 Å². The molecule has 0 spiro atoms. The van der Waals surface area contributed by atoms with Crippen molar-refractivity contribution < 1.29 is 23.9 Å². The summed E-state index contributed by atoms with van der Waals surface area (Å²) in [4.78, 5) is 39.1. The zero-order valence-corrected chi connectivity index (χ0v) is 18.2. The van der Waals surface area contributed by atoms with E-state index in [-0.39, 0.29) is 6.61 Å². The molecule has 30 heavy (non-hydrogen) atoms. The molecule has 0 saturated carbocycles. The molecule has 0 fully saturated rings. The number of hydrogen-bond donors (Lipinski definition) is 1. The zero-order valence-electron chi connectivity index (χ0n) is 17.4. The Balaban J connectivity index is 1.59. The van der Waals surface area contributed by atoms with E-state index >= 15 is 0 Å². The van der Waals surface area contributed by atoms with E-state index in [4.69, 9.17) is 9.47 Å². The number of rotatable bonds is 4. The number of carbonyl (C=O) groups is 3. The summed E-state index contributed by atoms with van der Waals surface area (Å²) in [6.45, 7) is 6.12. The molecular weight excluding hydrogens is 402 g/mol. The average Bonchev–Trinajstić information content (AvgIpc) is 3.05. The molecule has 2 heterocycles. The van der Waals surface area contributed by atoms with Crippen LogP contribution in [-0.4, -0.2) is 30.6 Å². The van der Waals surface area contributed by atoms with Gasteiger partial charge in [0.25, 0.3) is 5.91 Å². The Morgan fingerprint density at radius 3 is 2.87 bits per heavy atom. The number of benzene rings is 1. The minimum Gasteiger partial charge on any atom is -0.462 e. The maximum Gasteiger partial charge on any atom is 0.341 e. The Morgan fingerprint density at radius 2 is 2.10 bits per heavy atom. The number of thiophene rings is 1. The normalized spacial score (nSPS) is 20.0. The molecule has 1 aromatic heterocycles. The van der Waals surface area contributed by atoms with E-state index in [1.54, 1.807) is 13.0 Å². The Bertz CT molecular complexity index is 1020. The van der Waals surface area contributed by atoms with Gasteiger partial charge in [-0.15, -0.1) is 11.3 Å². The first-order valence-corrected chi connectivity index (χ1v) is 11.1. The summed E-state index contributed by atoms with van der Waals surface area (Å²) in [5.41, 5.74) is 3.70. The highest BCUT2D eigenvalue weighted by Crippen LogP contribution is 2.40. The first-order valence-electron chi connectivity index (χ1n) is 10.3. The van der Waals surface area contributed by atoms with Crippen molar-refractivity contribution in [2.45, 2.75) is 52.6 Å². The molecule has 158 valence electrons. The summed E-state index contributed by atoms with van der Waals surface area (Å²) in [5, 5.41) is 3.35. The second-order valence-electron chi connectivity index (χ2n) is 8.02. The highest BCUT2D eigenvalue weighted by Gasteiger charge is 2.34. The zero-order chi connectivity index (χ0) is 21.4. The van der Waals surface area contributed by atoms with Crippen LogP contribution < -0.4 is 5.32 Å². The molecule has 1 aromatic carbocycles. The molecule has 1 N–H and O–H groups in total. The Kier molecular flexibility index (Phi) is 5.64. The number of ether oxygens (including phenoxy) is 2. The van der Waals surface area contributed by atoms with Crippen molar-refractivity contribution in [1.29, 1.82) is 0 Å². The van der Waals surface area contributed by atoms with E-state index in [0.29, 0.717) is 28.5 Å². The monoisotopic (exact) mass is 427 g/mol. The fourth-order valence-electron chi connectivity index (χ4n) is 4.09. The topological polar surface area (TPSA) is 81.7 Å². The van der Waals surface area contributed by atoms with E-state index in [9.17, 15) is 14.4 Å². The highest BCUT2D eigenvalue weighted by molar-refractivity contribution is 7.17. The van der Waals surface area contributed by atoms with Crippen molar-refractivity contribution >= 4 is 34.2 Å². The smallest absolute Gasteiger partial charge is 0.341 e. The molecule has 1 aliphatic carbocycles. The lowest BCUT2D eigenvalue weighted by Gasteiger charge is -2.24. The summed E-state index contributed by atoms with van der Waals surface area (Å²) in [6, 6.07) is 5.56. The fourth-order valence-corrected chi connectivity index (χ4v) is 5.49. The van der Waals surface area contributed by atoms with Gasteiger partial charge in [0.05, 0.1) is 17.7 Å². The van der Waals surface area contributed by atoms with Crippen LogP contribution in [0.2, 0.25) is 0 Å². The predicted octanol–water partition coefficient (Wildman–Crippen LogP) is 4.08. The number of anilines is 1. The second kappa shape index (κ2) is 8.22. The van der Waals surface area contributed by atoms with Gasteiger partial charge in [-0.1, -0.05) is 24.6 Å². The number of cyclic esters (lactones) is 1. The predicted molar refractivity (Wildman–Crippen MR) is 114 cm³/mol. The standard InChI is InChI=1S/C23H25NO5S/c1-4-28-23(27)19-15-8-6-13(3)10-18(15)30-21(19)24-20(25)17-11-14-7-5-12(2)9-16(14)22(26)29-17/h5,7,9,13,17H,4,6,8,10-11H2,1-3H3,(H,24,25)/t13-,17-/m0/s1. The summed E-state index contributed by atoms with van der Waals surface area (Å²) >= 11 is 1.43. The van der Waals surface area contributed by atoms with E-state index in [1.165, 1.54) is 11.3 Å². The van der Waals surface area contributed by atoms with Crippen LogP contribution in [0.4, 0.5) is 5.00 Å². The van der Waals surface area contributed by atoms with Gasteiger partial charge in [-0.2, -0.15) is 0 Å². The number of aryl methyl sites for hydroxylation is 1. The molecule has 0 unspecified atom stereocenters. The molecular formula is C23H25NO5S. The van der Waals surface area contributed by atoms with Gasteiger partial charge >= 0.3 is 11.9 Å². The molecule has 2 atom stereocenters. The number of carbonyl (C=O) groups excluding carboxylic acids is 3. The van der Waals surface area contributed by atoms with E-state index < -0.39 is 23.9 Å². The van der Waals surface area contributed by atoms with E-state index in [2.05, 4.69) is 12.2 Å². The molecule has 6 nitrogen and oxygen atoms in total. The molecule has 0 bridgehead atoms. The van der Waals surface area contributed by atoms with Crippen molar-refractivity contribution in [2.75, 3.05) is 11.9 Å². The Hall–Kier alpha value is -2.67. The molecule has 1 amide bonds. The molecule has 7 heteroatoms. The second-order valence-corrected chi connectivity index (χ2v) is 9.13. The Morgan fingerprint density at radius 1 is 1.30 bits per heavy atom. The van der Waals surface area contributed by atoms with E-state index in [1.807, 2.05) is 19.1 Å². The van der Waals surface area contributed by atoms with Crippen LogP contribution in [0.3, 0.4) is 0 Å². The van der Waals surface area contributed by atoms with Crippen molar-refractivity contribution in [3.63, 3.8) is 0 Å². The van der Waals surface area contributed by atoms with Crippen molar-refractivity contribution in [3.05, 3.63) is 50.9 Å². The highest BCUT2D eigenvalue weighted by atomic mass is 32.1. The minimum absolute atomic E-state index is 0.268. The Labute approximate surface area is 179 Å². The summed E-state index contributed by atoms with van der Waals surface area (Å²) in [5.74, 6) is -0.799. The van der Waals surface area contributed by atoms with Crippen LogP contribution in [-0.2, 0) is 33.5 Å². The van der Waals surface area contributed by atoms with Crippen LogP contribution in [0.5, 0.6) is 0 Å².